The van der Waals surface area contributed by atoms with E-state index in [4.69, 9.17) is 18.9 Å². The lowest BCUT2D eigenvalue weighted by atomic mass is 9.36. The Hall–Kier alpha value is -1.56. The predicted molar refractivity (Wildman–Crippen MR) is 167 cm³/mol. The highest BCUT2D eigenvalue weighted by Gasteiger charge is 2.71. The van der Waals surface area contributed by atoms with E-state index >= 15 is 0 Å². The van der Waals surface area contributed by atoms with Crippen molar-refractivity contribution in [3.63, 3.8) is 0 Å². The first-order chi connectivity index (χ1) is 21.5. The Morgan fingerprint density at radius 2 is 1.63 bits per heavy atom. The smallest absolute Gasteiger partial charge is 0.302 e. The van der Waals surface area contributed by atoms with E-state index in [1.165, 1.54) is 19.4 Å². The molecule has 4 N–H and O–H groups in total. The first-order valence-corrected chi connectivity index (χ1v) is 17.5. The third kappa shape index (κ3) is 5.11. The van der Waals surface area contributed by atoms with Crippen LogP contribution in [-0.2, 0) is 28.5 Å². The van der Waals surface area contributed by atoms with E-state index in [2.05, 4.69) is 40.7 Å². The topological polar surface area (TPSA) is 152 Å². The third-order valence-corrected chi connectivity index (χ3v) is 14.0. The summed E-state index contributed by atoms with van der Waals surface area (Å²) < 4.78 is 24.1. The summed E-state index contributed by atoms with van der Waals surface area (Å²) in [6.07, 6.45) is 1.29. The highest BCUT2D eigenvalue weighted by Crippen LogP contribution is 2.75. The maximum absolute atomic E-state index is 12.2. The molecule has 0 aromatic heterocycles. The predicted octanol–water partition coefficient (Wildman–Crippen LogP) is 3.66. The zero-order valence-electron chi connectivity index (χ0n) is 28.6. The number of hydrogen-bond acceptors (Lipinski definition) is 10. The van der Waals surface area contributed by atoms with Gasteiger partial charge in [0, 0.05) is 24.7 Å². The molecule has 5 fully saturated rings. The van der Waals surface area contributed by atoms with E-state index in [-0.39, 0.29) is 52.9 Å². The second-order valence-corrected chi connectivity index (χ2v) is 16.8. The van der Waals surface area contributed by atoms with E-state index in [9.17, 15) is 30.0 Å². The SMILES string of the molecule is CC(=O)OCC1OC(O[C@@H]2C[C@H]3C(C)(C)[C@H](OC(C)=O)CC[C@]3(C)[C@H]3CC[C@@]45C[C@H](O)C[C@H](C)[C@@H]4CC=C5[C@@]32C)C(O)C(O)C1O. The number of carbonyl (C=O) groups excluding carboxylic acids is 2. The van der Waals surface area contributed by atoms with Crippen molar-refractivity contribution in [3.05, 3.63) is 11.6 Å². The summed E-state index contributed by atoms with van der Waals surface area (Å²) >= 11 is 0. The van der Waals surface area contributed by atoms with Gasteiger partial charge in [0.1, 0.15) is 37.1 Å². The van der Waals surface area contributed by atoms with Crippen molar-refractivity contribution < 1.29 is 49.0 Å². The molecule has 10 heteroatoms. The van der Waals surface area contributed by atoms with E-state index in [0.717, 1.165) is 44.9 Å². The highest BCUT2D eigenvalue weighted by atomic mass is 16.7. The van der Waals surface area contributed by atoms with Crippen LogP contribution >= 0.6 is 0 Å². The van der Waals surface area contributed by atoms with Crippen molar-refractivity contribution in [2.75, 3.05) is 6.61 Å². The molecule has 0 amide bonds. The van der Waals surface area contributed by atoms with Crippen LogP contribution in [0.4, 0.5) is 0 Å². The molecule has 0 bridgehead atoms. The first-order valence-electron chi connectivity index (χ1n) is 17.5. The van der Waals surface area contributed by atoms with Gasteiger partial charge in [-0.05, 0) is 85.9 Å². The molecule has 1 heterocycles. The molecule has 6 rings (SSSR count). The van der Waals surface area contributed by atoms with Crippen molar-refractivity contribution in [2.24, 2.45) is 45.3 Å². The number of aliphatic hydroxyl groups is 4. The van der Waals surface area contributed by atoms with Gasteiger partial charge in [-0.2, -0.15) is 0 Å². The fourth-order valence-electron chi connectivity index (χ4n) is 12.1. The van der Waals surface area contributed by atoms with E-state index in [0.29, 0.717) is 18.3 Å². The number of esters is 2. The molecule has 5 aliphatic carbocycles. The maximum Gasteiger partial charge on any atom is 0.302 e. The van der Waals surface area contributed by atoms with Crippen LogP contribution in [0.1, 0.15) is 99.8 Å². The average Bonchev–Trinajstić information content (AvgIpc) is 3.36. The van der Waals surface area contributed by atoms with E-state index < -0.39 is 48.2 Å². The Kier molecular flexibility index (Phi) is 8.80. The molecule has 46 heavy (non-hydrogen) atoms. The van der Waals surface area contributed by atoms with Crippen molar-refractivity contribution >= 4 is 11.9 Å². The van der Waals surface area contributed by atoms with Gasteiger partial charge >= 0.3 is 11.9 Å². The van der Waals surface area contributed by atoms with Crippen LogP contribution in [0.25, 0.3) is 0 Å². The summed E-state index contributed by atoms with van der Waals surface area (Å²) in [5.74, 6) is 0.330. The van der Waals surface area contributed by atoms with Crippen LogP contribution in [0, 0.1) is 45.3 Å². The molecule has 260 valence electrons. The molecule has 6 aliphatic rings. The quantitative estimate of drug-likeness (QED) is 0.198. The number of carbonyl (C=O) groups is 2. The molecule has 0 aromatic rings. The number of ether oxygens (including phenoxy) is 4. The van der Waals surface area contributed by atoms with Crippen LogP contribution in [0.2, 0.25) is 0 Å². The van der Waals surface area contributed by atoms with Gasteiger partial charge in [0.05, 0.1) is 12.2 Å². The van der Waals surface area contributed by atoms with Crippen LogP contribution in [-0.4, -0.2) is 88.0 Å². The Balaban J connectivity index is 1.41. The van der Waals surface area contributed by atoms with Crippen molar-refractivity contribution in [1.82, 2.24) is 0 Å². The molecule has 5 unspecified atom stereocenters. The Morgan fingerprint density at radius 1 is 0.913 bits per heavy atom. The minimum absolute atomic E-state index is 0.0895. The molecule has 1 saturated heterocycles. The number of aliphatic hydroxyl groups excluding tert-OH is 4. The normalized spacial score (nSPS) is 51.1. The molecule has 0 radical (unpaired) electrons. The lowest BCUT2D eigenvalue weighted by Gasteiger charge is -2.70. The molecule has 15 atom stereocenters. The average molecular weight is 649 g/mol. The summed E-state index contributed by atoms with van der Waals surface area (Å²) in [4.78, 5) is 23.7. The Morgan fingerprint density at radius 3 is 2.30 bits per heavy atom. The summed E-state index contributed by atoms with van der Waals surface area (Å²) in [6, 6.07) is 0. The molecule has 0 aromatic carbocycles. The fraction of sp³-hybridized carbons (Fsp3) is 0.889. The minimum atomic E-state index is -1.56. The Bertz CT molecular complexity index is 1230. The maximum atomic E-state index is 12.2. The fourth-order valence-corrected chi connectivity index (χ4v) is 12.1. The van der Waals surface area contributed by atoms with Gasteiger partial charge in [-0.15, -0.1) is 0 Å². The van der Waals surface area contributed by atoms with Crippen molar-refractivity contribution in [3.8, 4) is 0 Å². The lowest BCUT2D eigenvalue weighted by molar-refractivity contribution is -0.335. The number of rotatable bonds is 5. The van der Waals surface area contributed by atoms with Gasteiger partial charge in [0.2, 0.25) is 0 Å². The molecule has 10 nitrogen and oxygen atoms in total. The molecular weight excluding hydrogens is 592 g/mol. The van der Waals surface area contributed by atoms with Crippen LogP contribution < -0.4 is 0 Å². The van der Waals surface area contributed by atoms with Gasteiger partial charge in [0.15, 0.2) is 6.29 Å². The largest absolute Gasteiger partial charge is 0.463 e. The minimum Gasteiger partial charge on any atom is -0.463 e. The zero-order chi connectivity index (χ0) is 33.6. The van der Waals surface area contributed by atoms with Gasteiger partial charge < -0.3 is 39.4 Å². The van der Waals surface area contributed by atoms with Gasteiger partial charge in [-0.1, -0.05) is 46.3 Å². The standard InChI is InChI=1S/C36H56O10/c1-18-14-21(39)16-36-13-10-24-34(6)12-11-27(44-20(3)38)33(4,5)26(34)15-28(35(24,7)25(36)9-8-22(18)36)46-32-31(42)30(41)29(40)23(45-32)17-43-19(2)37/h9,18,21-24,26-32,39-42H,8,10-17H2,1-7H3/t18-,21+,22-,23?,24+,26-,27+,28+,29?,30?,31?,32?,34+,35+,36+/m0/s1. The Labute approximate surface area is 273 Å². The summed E-state index contributed by atoms with van der Waals surface area (Å²) in [7, 11) is 0. The van der Waals surface area contributed by atoms with Crippen LogP contribution in [0.15, 0.2) is 11.6 Å². The summed E-state index contributed by atoms with van der Waals surface area (Å²) in [5.41, 5.74) is 0.317. The number of fused-ring (bicyclic) bond motifs is 4. The summed E-state index contributed by atoms with van der Waals surface area (Å²) in [6.45, 7) is 13.8. The monoisotopic (exact) mass is 648 g/mol. The molecule has 1 spiro atoms. The van der Waals surface area contributed by atoms with Gasteiger partial charge in [-0.25, -0.2) is 0 Å². The van der Waals surface area contributed by atoms with E-state index in [1.807, 2.05) is 0 Å². The first kappa shape index (κ1) is 34.3. The second-order valence-electron chi connectivity index (χ2n) is 16.8. The van der Waals surface area contributed by atoms with Gasteiger partial charge in [-0.3, -0.25) is 9.59 Å². The summed E-state index contributed by atoms with van der Waals surface area (Å²) in [5, 5.41) is 43.9. The highest BCUT2D eigenvalue weighted by molar-refractivity contribution is 5.66. The van der Waals surface area contributed by atoms with Crippen LogP contribution in [0.5, 0.6) is 0 Å². The molecule has 1 aliphatic heterocycles. The lowest BCUT2D eigenvalue weighted by Crippen LogP contribution is -2.68. The van der Waals surface area contributed by atoms with Crippen molar-refractivity contribution in [1.29, 1.82) is 0 Å². The third-order valence-electron chi connectivity index (χ3n) is 14.0. The second kappa shape index (κ2) is 11.8. The van der Waals surface area contributed by atoms with Crippen molar-refractivity contribution in [2.45, 2.75) is 149 Å². The van der Waals surface area contributed by atoms with Crippen LogP contribution in [0.3, 0.4) is 0 Å². The number of hydrogen-bond donors (Lipinski definition) is 4. The number of allylic oxidation sites excluding steroid dienone is 1. The zero-order valence-corrected chi connectivity index (χ0v) is 28.6. The van der Waals surface area contributed by atoms with Gasteiger partial charge in [0.25, 0.3) is 0 Å². The molecular formula is C36H56O10. The molecule has 4 saturated carbocycles. The van der Waals surface area contributed by atoms with E-state index in [1.54, 1.807) is 0 Å².